The zero-order valence-corrected chi connectivity index (χ0v) is 10.8. The average molecular weight is 275 g/mol. The lowest BCUT2D eigenvalue weighted by atomic mass is 10.3. The van der Waals surface area contributed by atoms with Gasteiger partial charge in [0.05, 0.1) is 7.11 Å². The maximum atomic E-state index is 12.0. The van der Waals surface area contributed by atoms with Crippen LogP contribution in [0.2, 0.25) is 0 Å². The highest BCUT2D eigenvalue weighted by atomic mass is 31.2. The van der Waals surface area contributed by atoms with Crippen molar-refractivity contribution in [2.45, 2.75) is 13.0 Å². The van der Waals surface area contributed by atoms with Gasteiger partial charge in [0, 0.05) is 0 Å². The van der Waals surface area contributed by atoms with Gasteiger partial charge < -0.3 is 14.8 Å². The normalized spacial score (nSPS) is 15.5. The summed E-state index contributed by atoms with van der Waals surface area (Å²) in [7, 11) is -3.09. The lowest BCUT2D eigenvalue weighted by molar-refractivity contribution is -0.198. The number of hydrogen-bond acceptors (Lipinski definition) is 7. The maximum absolute atomic E-state index is 12.0. The number of para-hydroxylation sites is 1. The number of hydrogen-bond donors (Lipinski definition) is 1. The quantitative estimate of drug-likeness (QED) is 0.478. The number of carbonyl (C=O) groups excluding carboxylic acids is 1. The van der Waals surface area contributed by atoms with Gasteiger partial charge in [-0.1, -0.05) is 18.2 Å². The third-order valence-corrected chi connectivity index (χ3v) is 2.87. The molecule has 2 N–H and O–H groups in total. The Morgan fingerprint density at radius 2 is 1.94 bits per heavy atom. The Balaban J connectivity index is 2.80. The van der Waals surface area contributed by atoms with Gasteiger partial charge in [-0.2, -0.15) is 0 Å². The summed E-state index contributed by atoms with van der Waals surface area (Å²) in [6.45, 7) is 1.38. The lowest BCUT2D eigenvalue weighted by Gasteiger charge is -2.16. The summed E-state index contributed by atoms with van der Waals surface area (Å²) in [6.07, 6.45) is 0. The molecule has 0 aromatic heterocycles. The Morgan fingerprint density at radius 1 is 1.33 bits per heavy atom. The summed E-state index contributed by atoms with van der Waals surface area (Å²) in [6, 6.07) is 7.12. The number of carbonyl (C=O) groups is 1. The number of phosphoric ester groups is 1. The van der Waals surface area contributed by atoms with Gasteiger partial charge in [0.2, 0.25) is 0 Å². The van der Waals surface area contributed by atoms with Gasteiger partial charge in [-0.15, -0.1) is 4.67 Å². The fourth-order valence-electron chi connectivity index (χ4n) is 0.944. The molecule has 0 amide bonds. The number of phosphoric acid groups is 1. The van der Waals surface area contributed by atoms with Crippen LogP contribution in [-0.2, 0) is 23.4 Å². The van der Waals surface area contributed by atoms with Crippen molar-refractivity contribution < 1.29 is 28.0 Å². The molecule has 100 valence electrons. The van der Waals surface area contributed by atoms with E-state index in [2.05, 4.69) is 14.1 Å². The molecule has 1 aromatic rings. The Labute approximate surface area is 104 Å². The molecule has 1 unspecified atom stereocenters. The standard InChI is InChI=1S/C10H14NO6P/c1-8(11)10(12)16-18(13,17-14-2)15-9-6-4-3-5-7-9/h3-8H,11H2,1-2H3/t8-,18?/m0/s1. The Kier molecular flexibility index (Phi) is 5.30. The zero-order valence-electron chi connectivity index (χ0n) is 9.94. The van der Waals surface area contributed by atoms with Crippen LogP contribution in [0.1, 0.15) is 6.92 Å². The van der Waals surface area contributed by atoms with E-state index >= 15 is 0 Å². The largest absolute Gasteiger partial charge is 0.618 e. The first kappa shape index (κ1) is 14.7. The second-order valence-corrected chi connectivity index (χ2v) is 4.70. The van der Waals surface area contributed by atoms with Crippen LogP contribution >= 0.6 is 7.82 Å². The number of benzene rings is 1. The van der Waals surface area contributed by atoms with Gasteiger partial charge in [0.25, 0.3) is 0 Å². The van der Waals surface area contributed by atoms with E-state index in [1.807, 2.05) is 0 Å². The molecule has 0 spiro atoms. The van der Waals surface area contributed by atoms with E-state index in [0.29, 0.717) is 0 Å². The van der Waals surface area contributed by atoms with E-state index in [-0.39, 0.29) is 5.75 Å². The molecule has 1 aromatic carbocycles. The van der Waals surface area contributed by atoms with Crippen molar-refractivity contribution in [2.75, 3.05) is 7.11 Å². The molecule has 0 saturated carbocycles. The second-order valence-electron chi connectivity index (χ2n) is 3.29. The average Bonchev–Trinajstić information content (AvgIpc) is 2.29. The first-order valence-corrected chi connectivity index (χ1v) is 6.49. The molecule has 7 nitrogen and oxygen atoms in total. The van der Waals surface area contributed by atoms with Gasteiger partial charge >= 0.3 is 13.8 Å². The van der Waals surface area contributed by atoms with E-state index in [4.69, 9.17) is 10.3 Å². The molecule has 0 saturated heterocycles. The van der Waals surface area contributed by atoms with Crippen molar-refractivity contribution in [1.29, 1.82) is 0 Å². The van der Waals surface area contributed by atoms with Crippen molar-refractivity contribution in [1.82, 2.24) is 0 Å². The van der Waals surface area contributed by atoms with Crippen molar-refractivity contribution in [3.8, 4) is 5.75 Å². The van der Waals surface area contributed by atoms with Crippen LogP contribution in [0.3, 0.4) is 0 Å². The molecule has 0 radical (unpaired) electrons. The molecular weight excluding hydrogens is 261 g/mol. The van der Waals surface area contributed by atoms with Gasteiger partial charge in [0.15, 0.2) is 0 Å². The predicted octanol–water partition coefficient (Wildman–Crippen LogP) is 1.64. The van der Waals surface area contributed by atoms with Crippen LogP contribution in [-0.4, -0.2) is 19.1 Å². The fraction of sp³-hybridized carbons (Fsp3) is 0.300. The monoisotopic (exact) mass is 275 g/mol. The molecule has 0 aliphatic heterocycles. The molecular formula is C10H14NO6P. The third kappa shape index (κ3) is 4.46. The summed E-state index contributed by atoms with van der Waals surface area (Å²) in [5.74, 6) is -0.721. The Bertz CT molecular complexity index is 435. The van der Waals surface area contributed by atoms with Crippen molar-refractivity contribution in [3.05, 3.63) is 30.3 Å². The van der Waals surface area contributed by atoms with Crippen LogP contribution in [0.5, 0.6) is 5.75 Å². The number of nitrogens with two attached hydrogens (primary N) is 1. The summed E-state index contributed by atoms with van der Waals surface area (Å²) in [4.78, 5) is 15.5. The molecule has 2 atom stereocenters. The van der Waals surface area contributed by atoms with Gasteiger partial charge in [-0.25, -0.2) is 14.2 Å². The van der Waals surface area contributed by atoms with Crippen molar-refractivity contribution in [2.24, 2.45) is 5.73 Å². The van der Waals surface area contributed by atoms with E-state index in [9.17, 15) is 9.36 Å². The van der Waals surface area contributed by atoms with Crippen LogP contribution in [0, 0.1) is 0 Å². The summed E-state index contributed by atoms with van der Waals surface area (Å²) < 4.78 is 26.0. The van der Waals surface area contributed by atoms with Crippen molar-refractivity contribution >= 4 is 13.8 Å². The topological polar surface area (TPSA) is 97.1 Å². The maximum Gasteiger partial charge on any atom is 0.618 e. The highest BCUT2D eigenvalue weighted by molar-refractivity contribution is 7.49. The molecule has 0 heterocycles. The summed E-state index contributed by atoms with van der Waals surface area (Å²) in [5, 5.41) is 0. The third-order valence-electron chi connectivity index (χ3n) is 1.70. The highest BCUT2D eigenvalue weighted by Gasteiger charge is 2.35. The SMILES string of the molecule is COOP(=O)(OC(=O)[C@H](C)N)Oc1ccccc1. The van der Waals surface area contributed by atoms with E-state index in [0.717, 1.165) is 7.11 Å². The number of rotatable bonds is 6. The minimum Gasteiger partial charge on any atom is -0.394 e. The summed E-state index contributed by atoms with van der Waals surface area (Å²) in [5.41, 5.74) is 5.29. The van der Waals surface area contributed by atoms with Crippen LogP contribution in [0.25, 0.3) is 0 Å². The van der Waals surface area contributed by atoms with E-state index in [1.165, 1.54) is 19.1 Å². The summed E-state index contributed by atoms with van der Waals surface area (Å²) >= 11 is 0. The Morgan fingerprint density at radius 3 is 2.44 bits per heavy atom. The molecule has 1 rings (SSSR count). The van der Waals surface area contributed by atoms with Gasteiger partial charge in [0.1, 0.15) is 11.8 Å². The minimum atomic E-state index is -4.20. The predicted molar refractivity (Wildman–Crippen MR) is 62.5 cm³/mol. The van der Waals surface area contributed by atoms with Crippen LogP contribution in [0.15, 0.2) is 30.3 Å². The smallest absolute Gasteiger partial charge is 0.394 e. The second kappa shape index (κ2) is 6.51. The molecule has 0 bridgehead atoms. The molecule has 0 aliphatic rings. The van der Waals surface area contributed by atoms with Crippen LogP contribution in [0.4, 0.5) is 0 Å². The first-order valence-electron chi connectivity index (χ1n) is 5.03. The highest BCUT2D eigenvalue weighted by Crippen LogP contribution is 2.49. The van der Waals surface area contributed by atoms with E-state index < -0.39 is 19.8 Å². The Hall–Kier alpha value is -1.40. The van der Waals surface area contributed by atoms with Gasteiger partial charge in [-0.3, -0.25) is 0 Å². The molecule has 8 heteroatoms. The first-order chi connectivity index (χ1) is 8.47. The molecule has 0 fully saturated rings. The zero-order chi connectivity index (χ0) is 13.6. The lowest BCUT2D eigenvalue weighted by Crippen LogP contribution is -2.28. The molecule has 0 aliphatic carbocycles. The van der Waals surface area contributed by atoms with Crippen LogP contribution < -0.4 is 10.3 Å². The van der Waals surface area contributed by atoms with Gasteiger partial charge in [-0.05, 0) is 19.1 Å². The minimum absolute atomic E-state index is 0.204. The fourth-order valence-corrected chi connectivity index (χ4v) is 1.99. The van der Waals surface area contributed by atoms with E-state index in [1.54, 1.807) is 18.2 Å². The van der Waals surface area contributed by atoms with Crippen molar-refractivity contribution in [3.63, 3.8) is 0 Å². The molecule has 18 heavy (non-hydrogen) atoms.